The van der Waals surface area contributed by atoms with Gasteiger partial charge in [-0.3, -0.25) is 9.59 Å². The maximum absolute atomic E-state index is 13.1. The van der Waals surface area contributed by atoms with E-state index >= 15 is 0 Å². The lowest BCUT2D eigenvalue weighted by Crippen LogP contribution is -2.14. The molecule has 0 aliphatic rings. The zero-order valence-corrected chi connectivity index (χ0v) is 15.6. The fourth-order valence-electron chi connectivity index (χ4n) is 2.43. The summed E-state index contributed by atoms with van der Waals surface area (Å²) in [7, 11) is 1.79. The second kappa shape index (κ2) is 8.13. The van der Waals surface area contributed by atoms with Gasteiger partial charge >= 0.3 is 0 Å². The van der Waals surface area contributed by atoms with Crippen LogP contribution in [0.2, 0.25) is 0 Å². The molecule has 2 aromatic carbocycles. The maximum atomic E-state index is 13.1. The van der Waals surface area contributed by atoms with Crippen molar-refractivity contribution >= 4 is 29.1 Å². The highest BCUT2D eigenvalue weighted by Gasteiger charge is 2.13. The minimum atomic E-state index is -0.318. The SMILES string of the molecule is CC(=O)c1cccc(NC(=O)CSc2nnc(-c3ccc(F)cc3)n2C)c1. The molecule has 3 aromatic rings. The number of ketones is 1. The summed E-state index contributed by atoms with van der Waals surface area (Å²) in [4.78, 5) is 23.6. The van der Waals surface area contributed by atoms with Crippen molar-refractivity contribution in [2.45, 2.75) is 12.1 Å². The van der Waals surface area contributed by atoms with Gasteiger partial charge in [0, 0.05) is 23.9 Å². The first-order valence-electron chi connectivity index (χ1n) is 8.13. The van der Waals surface area contributed by atoms with E-state index < -0.39 is 0 Å². The van der Waals surface area contributed by atoms with Crippen molar-refractivity contribution in [1.29, 1.82) is 0 Å². The molecule has 0 radical (unpaired) electrons. The number of aromatic nitrogens is 3. The van der Waals surface area contributed by atoms with E-state index in [4.69, 9.17) is 0 Å². The zero-order chi connectivity index (χ0) is 19.4. The van der Waals surface area contributed by atoms with Gasteiger partial charge in [-0.15, -0.1) is 10.2 Å². The first kappa shape index (κ1) is 18.8. The lowest BCUT2D eigenvalue weighted by atomic mass is 10.1. The number of halogens is 1. The topological polar surface area (TPSA) is 76.9 Å². The number of carbonyl (C=O) groups is 2. The third kappa shape index (κ3) is 4.59. The molecular formula is C19H17FN4O2S. The summed E-state index contributed by atoms with van der Waals surface area (Å²) in [6.45, 7) is 1.48. The Bertz CT molecular complexity index is 986. The Morgan fingerprint density at radius 2 is 1.89 bits per heavy atom. The monoisotopic (exact) mass is 384 g/mol. The Morgan fingerprint density at radius 3 is 2.59 bits per heavy atom. The molecule has 0 aliphatic heterocycles. The summed E-state index contributed by atoms with van der Waals surface area (Å²) in [5, 5.41) is 11.5. The number of hydrogen-bond acceptors (Lipinski definition) is 5. The van der Waals surface area contributed by atoms with Gasteiger partial charge in [0.25, 0.3) is 0 Å². The fraction of sp³-hybridized carbons (Fsp3) is 0.158. The van der Waals surface area contributed by atoms with E-state index in [-0.39, 0.29) is 23.3 Å². The first-order chi connectivity index (χ1) is 12.9. The van der Waals surface area contributed by atoms with E-state index in [1.54, 1.807) is 48.0 Å². The summed E-state index contributed by atoms with van der Waals surface area (Å²) in [6, 6.07) is 12.8. The molecule has 0 unspecified atom stereocenters. The smallest absolute Gasteiger partial charge is 0.234 e. The van der Waals surface area contributed by atoms with E-state index in [2.05, 4.69) is 15.5 Å². The third-order valence-electron chi connectivity index (χ3n) is 3.82. The average Bonchev–Trinajstić information content (AvgIpc) is 3.01. The summed E-state index contributed by atoms with van der Waals surface area (Å²) in [5.74, 6) is 0.132. The molecule has 8 heteroatoms. The highest BCUT2D eigenvalue weighted by Crippen LogP contribution is 2.23. The number of nitrogens with one attached hydrogen (secondary N) is 1. The van der Waals surface area contributed by atoms with Gasteiger partial charge in [-0.25, -0.2) is 4.39 Å². The average molecular weight is 384 g/mol. The molecule has 0 fully saturated rings. The van der Waals surface area contributed by atoms with E-state index in [9.17, 15) is 14.0 Å². The van der Waals surface area contributed by atoms with Crippen LogP contribution in [0.15, 0.2) is 53.7 Å². The van der Waals surface area contributed by atoms with E-state index in [1.165, 1.54) is 30.8 Å². The van der Waals surface area contributed by atoms with Crippen molar-refractivity contribution < 1.29 is 14.0 Å². The van der Waals surface area contributed by atoms with Crippen LogP contribution in [-0.2, 0) is 11.8 Å². The van der Waals surface area contributed by atoms with Gasteiger partial charge in [0.05, 0.1) is 5.75 Å². The Hall–Kier alpha value is -3.00. The molecule has 0 spiro atoms. The molecule has 6 nitrogen and oxygen atoms in total. The molecule has 138 valence electrons. The minimum absolute atomic E-state index is 0.0621. The van der Waals surface area contributed by atoms with E-state index in [0.29, 0.717) is 22.2 Å². The molecular weight excluding hydrogens is 367 g/mol. The van der Waals surface area contributed by atoms with Crippen molar-refractivity contribution in [2.24, 2.45) is 7.05 Å². The highest BCUT2D eigenvalue weighted by atomic mass is 32.2. The Balaban J connectivity index is 1.63. The van der Waals surface area contributed by atoms with Gasteiger partial charge < -0.3 is 9.88 Å². The van der Waals surface area contributed by atoms with Crippen LogP contribution in [0.25, 0.3) is 11.4 Å². The molecule has 0 atom stereocenters. The van der Waals surface area contributed by atoms with Crippen LogP contribution in [0, 0.1) is 5.82 Å². The van der Waals surface area contributed by atoms with Crippen molar-refractivity contribution in [1.82, 2.24) is 14.8 Å². The van der Waals surface area contributed by atoms with Crippen LogP contribution >= 0.6 is 11.8 Å². The predicted molar refractivity (Wildman–Crippen MR) is 102 cm³/mol. The number of thioether (sulfide) groups is 1. The maximum Gasteiger partial charge on any atom is 0.234 e. The van der Waals surface area contributed by atoms with Crippen LogP contribution in [0.4, 0.5) is 10.1 Å². The minimum Gasteiger partial charge on any atom is -0.325 e. The molecule has 0 aliphatic carbocycles. The first-order valence-corrected chi connectivity index (χ1v) is 9.11. The summed E-state index contributed by atoms with van der Waals surface area (Å²) < 4.78 is 14.8. The van der Waals surface area contributed by atoms with Crippen molar-refractivity contribution in [2.75, 3.05) is 11.1 Å². The number of Topliss-reactive ketones (excluding diaryl/α,β-unsaturated/α-hetero) is 1. The predicted octanol–water partition coefficient (Wildman–Crippen LogP) is 3.55. The Kier molecular flexibility index (Phi) is 5.66. The van der Waals surface area contributed by atoms with E-state index in [1.807, 2.05) is 0 Å². The Morgan fingerprint density at radius 1 is 1.15 bits per heavy atom. The van der Waals surface area contributed by atoms with Crippen molar-refractivity contribution in [3.05, 3.63) is 59.9 Å². The molecule has 1 heterocycles. The van der Waals surface area contributed by atoms with Crippen molar-refractivity contribution in [3.63, 3.8) is 0 Å². The molecule has 1 aromatic heterocycles. The quantitative estimate of drug-likeness (QED) is 0.519. The second-order valence-corrected chi connectivity index (χ2v) is 6.79. The molecule has 0 saturated carbocycles. The standard InChI is InChI=1S/C19H17FN4O2S/c1-12(25)14-4-3-5-16(10-14)21-17(26)11-27-19-23-22-18(24(19)2)13-6-8-15(20)9-7-13/h3-10H,11H2,1-2H3,(H,21,26). The zero-order valence-electron chi connectivity index (χ0n) is 14.8. The van der Waals surface area contributed by atoms with Gasteiger partial charge in [0.1, 0.15) is 5.82 Å². The molecule has 1 amide bonds. The number of benzene rings is 2. The summed E-state index contributed by atoms with van der Waals surface area (Å²) in [5.41, 5.74) is 1.85. The van der Waals surface area contributed by atoms with Crippen LogP contribution in [0.1, 0.15) is 17.3 Å². The van der Waals surface area contributed by atoms with Crippen molar-refractivity contribution in [3.8, 4) is 11.4 Å². The number of nitrogens with zero attached hydrogens (tertiary/aromatic N) is 3. The fourth-order valence-corrected chi connectivity index (χ4v) is 3.15. The summed E-state index contributed by atoms with van der Waals surface area (Å²) >= 11 is 1.24. The Labute approximate surface area is 159 Å². The highest BCUT2D eigenvalue weighted by molar-refractivity contribution is 7.99. The number of hydrogen-bond donors (Lipinski definition) is 1. The van der Waals surface area contributed by atoms with Gasteiger partial charge in [-0.1, -0.05) is 23.9 Å². The van der Waals surface area contributed by atoms with Crippen LogP contribution in [-0.4, -0.2) is 32.2 Å². The molecule has 0 saturated heterocycles. The van der Waals surface area contributed by atoms with Gasteiger partial charge in [0.2, 0.25) is 5.91 Å². The molecule has 27 heavy (non-hydrogen) atoms. The lowest BCUT2D eigenvalue weighted by Gasteiger charge is -2.07. The van der Waals surface area contributed by atoms with Crippen LogP contribution in [0.5, 0.6) is 0 Å². The number of anilines is 1. The number of carbonyl (C=O) groups excluding carboxylic acids is 2. The largest absolute Gasteiger partial charge is 0.325 e. The lowest BCUT2D eigenvalue weighted by molar-refractivity contribution is -0.113. The third-order valence-corrected chi connectivity index (χ3v) is 4.84. The summed E-state index contributed by atoms with van der Waals surface area (Å²) in [6.07, 6.45) is 0. The number of rotatable bonds is 6. The van der Waals surface area contributed by atoms with Crippen LogP contribution in [0.3, 0.4) is 0 Å². The van der Waals surface area contributed by atoms with Gasteiger partial charge in [0.15, 0.2) is 16.8 Å². The van der Waals surface area contributed by atoms with Gasteiger partial charge in [-0.05, 0) is 43.3 Å². The molecule has 0 bridgehead atoms. The second-order valence-electron chi connectivity index (χ2n) is 5.85. The van der Waals surface area contributed by atoms with Crippen LogP contribution < -0.4 is 5.32 Å². The number of amides is 1. The normalized spacial score (nSPS) is 10.6. The molecule has 1 N–H and O–H groups in total. The van der Waals surface area contributed by atoms with Gasteiger partial charge in [-0.2, -0.15) is 0 Å². The molecule has 3 rings (SSSR count). The van der Waals surface area contributed by atoms with E-state index in [0.717, 1.165) is 5.56 Å².